The van der Waals surface area contributed by atoms with Crippen LogP contribution in [0.1, 0.15) is 59.2 Å². The molecule has 4 rings (SSSR count). The van der Waals surface area contributed by atoms with Crippen molar-refractivity contribution in [2.24, 2.45) is 0 Å². The van der Waals surface area contributed by atoms with Crippen molar-refractivity contribution in [1.29, 1.82) is 0 Å². The Kier molecular flexibility index (Phi) is 10.5. The minimum atomic E-state index is -0.229. The first kappa shape index (κ1) is 28.7. The fourth-order valence-electron chi connectivity index (χ4n) is 4.60. The Hall–Kier alpha value is -3.27. The van der Waals surface area contributed by atoms with Gasteiger partial charge in [-0.2, -0.15) is 0 Å². The van der Waals surface area contributed by atoms with Crippen LogP contribution in [0.15, 0.2) is 60.0 Å². The maximum Gasteiger partial charge on any atom is 0.322 e. The van der Waals surface area contributed by atoms with Crippen LogP contribution in [-0.2, 0) is 17.8 Å². The van der Waals surface area contributed by atoms with Crippen LogP contribution in [0.25, 0.3) is 0 Å². The van der Waals surface area contributed by atoms with Gasteiger partial charge in [0.15, 0.2) is 0 Å². The fourth-order valence-corrected chi connectivity index (χ4v) is 5.38. The molecule has 0 saturated carbocycles. The standard InChI is InChI=1S/C30H39N5O3S/c1-22(2)24-9-11-25(12-10-24)32-30(37)35(17-18-38-3)20-28-33-27(21-39-28)29(36)31-26-13-15-34(16-14-26)19-23-7-5-4-6-8-23/h4-12,21-22,26H,13-20H2,1-3H3,(H,31,36)(H,32,37). The first-order valence-electron chi connectivity index (χ1n) is 13.6. The molecule has 3 amide bonds. The molecule has 208 valence electrons. The van der Waals surface area contributed by atoms with Crippen molar-refractivity contribution in [3.05, 3.63) is 81.8 Å². The average molecular weight is 550 g/mol. The molecule has 9 heteroatoms. The highest BCUT2D eigenvalue weighted by Crippen LogP contribution is 2.19. The van der Waals surface area contributed by atoms with Crippen LogP contribution in [0.5, 0.6) is 0 Å². The van der Waals surface area contributed by atoms with Crippen LogP contribution in [0.4, 0.5) is 10.5 Å². The third-order valence-electron chi connectivity index (χ3n) is 6.96. The van der Waals surface area contributed by atoms with Gasteiger partial charge in [0.2, 0.25) is 0 Å². The van der Waals surface area contributed by atoms with Crippen LogP contribution in [-0.4, -0.2) is 66.1 Å². The smallest absolute Gasteiger partial charge is 0.322 e. The van der Waals surface area contributed by atoms with Crippen LogP contribution in [0.2, 0.25) is 0 Å². The van der Waals surface area contributed by atoms with Crippen molar-refractivity contribution >= 4 is 29.0 Å². The molecule has 1 saturated heterocycles. The molecule has 1 aromatic heterocycles. The maximum atomic E-state index is 13.0. The van der Waals surface area contributed by atoms with E-state index in [1.54, 1.807) is 17.4 Å². The summed E-state index contributed by atoms with van der Waals surface area (Å²) in [6, 6.07) is 18.3. The number of hydrogen-bond donors (Lipinski definition) is 2. The molecule has 0 radical (unpaired) electrons. The number of carbonyl (C=O) groups is 2. The molecular formula is C30H39N5O3S. The topological polar surface area (TPSA) is 86.8 Å². The molecule has 1 fully saturated rings. The summed E-state index contributed by atoms with van der Waals surface area (Å²) in [5, 5.41) is 8.60. The molecule has 3 aromatic rings. The number of likely N-dealkylation sites (tertiary alicyclic amines) is 1. The number of nitrogens with zero attached hydrogens (tertiary/aromatic N) is 3. The predicted molar refractivity (Wildman–Crippen MR) is 156 cm³/mol. The van der Waals surface area contributed by atoms with Crippen molar-refractivity contribution in [3.8, 4) is 0 Å². The van der Waals surface area contributed by atoms with E-state index in [9.17, 15) is 9.59 Å². The summed E-state index contributed by atoms with van der Waals surface area (Å²) in [6.45, 7) is 8.23. The van der Waals surface area contributed by atoms with E-state index >= 15 is 0 Å². The summed E-state index contributed by atoms with van der Waals surface area (Å²) < 4.78 is 5.21. The van der Waals surface area contributed by atoms with Gasteiger partial charge in [0.25, 0.3) is 5.91 Å². The monoisotopic (exact) mass is 549 g/mol. The number of hydrogen-bond acceptors (Lipinski definition) is 6. The number of anilines is 1. The average Bonchev–Trinajstić information content (AvgIpc) is 3.42. The molecule has 0 aliphatic carbocycles. The largest absolute Gasteiger partial charge is 0.383 e. The number of ether oxygens (including phenoxy) is 1. The van der Waals surface area contributed by atoms with Gasteiger partial charge >= 0.3 is 6.03 Å². The lowest BCUT2D eigenvalue weighted by Gasteiger charge is -2.32. The number of carbonyl (C=O) groups excluding carboxylic acids is 2. The lowest BCUT2D eigenvalue weighted by molar-refractivity contribution is 0.0904. The summed E-state index contributed by atoms with van der Waals surface area (Å²) >= 11 is 1.39. The van der Waals surface area contributed by atoms with Crippen molar-refractivity contribution in [1.82, 2.24) is 20.1 Å². The summed E-state index contributed by atoms with van der Waals surface area (Å²) in [5.41, 5.74) is 3.67. The van der Waals surface area contributed by atoms with Crippen molar-refractivity contribution in [2.45, 2.75) is 51.7 Å². The first-order chi connectivity index (χ1) is 18.9. The number of methoxy groups -OCH3 is 1. The summed E-state index contributed by atoms with van der Waals surface area (Å²) in [6.07, 6.45) is 1.83. The molecular weight excluding hydrogens is 510 g/mol. The summed E-state index contributed by atoms with van der Waals surface area (Å²) in [4.78, 5) is 34.6. The Balaban J connectivity index is 1.28. The van der Waals surface area contributed by atoms with Crippen LogP contribution in [0, 0.1) is 0 Å². The van der Waals surface area contributed by atoms with E-state index in [2.05, 4.69) is 58.6 Å². The third kappa shape index (κ3) is 8.61. The van der Waals surface area contributed by atoms with Gasteiger partial charge in [0.1, 0.15) is 10.7 Å². The SMILES string of the molecule is COCCN(Cc1nc(C(=O)NC2CCN(Cc3ccccc3)CC2)cs1)C(=O)Nc1ccc(C(C)C)cc1. The molecule has 1 aliphatic rings. The highest BCUT2D eigenvalue weighted by Gasteiger charge is 2.23. The van der Waals surface area contributed by atoms with Crippen molar-refractivity contribution in [3.63, 3.8) is 0 Å². The Bertz CT molecular complexity index is 1190. The molecule has 39 heavy (non-hydrogen) atoms. The second-order valence-electron chi connectivity index (χ2n) is 10.3. The molecule has 0 atom stereocenters. The van der Waals surface area contributed by atoms with Gasteiger partial charge < -0.3 is 20.3 Å². The van der Waals surface area contributed by atoms with E-state index in [4.69, 9.17) is 4.74 Å². The number of urea groups is 1. The van der Waals surface area contributed by atoms with Gasteiger partial charge in [-0.3, -0.25) is 9.69 Å². The minimum absolute atomic E-state index is 0.140. The Labute approximate surface area is 235 Å². The van der Waals surface area contributed by atoms with Gasteiger partial charge in [-0.25, -0.2) is 9.78 Å². The van der Waals surface area contributed by atoms with E-state index in [0.717, 1.165) is 38.2 Å². The fraction of sp³-hybridized carbons (Fsp3) is 0.433. The van der Waals surface area contributed by atoms with Gasteiger partial charge in [0, 0.05) is 50.4 Å². The zero-order valence-electron chi connectivity index (χ0n) is 23.1. The molecule has 2 heterocycles. The highest BCUT2D eigenvalue weighted by atomic mass is 32.1. The van der Waals surface area contributed by atoms with E-state index in [-0.39, 0.29) is 18.0 Å². The van der Waals surface area contributed by atoms with Crippen molar-refractivity contribution in [2.75, 3.05) is 38.7 Å². The van der Waals surface area contributed by atoms with Gasteiger partial charge in [-0.05, 0) is 42.0 Å². The van der Waals surface area contributed by atoms with Crippen LogP contribution in [0.3, 0.4) is 0 Å². The number of amides is 3. The predicted octanol–water partition coefficient (Wildman–Crippen LogP) is 5.34. The number of nitrogens with one attached hydrogen (secondary N) is 2. The summed E-state index contributed by atoms with van der Waals surface area (Å²) in [7, 11) is 1.61. The third-order valence-corrected chi connectivity index (χ3v) is 7.80. The molecule has 2 N–H and O–H groups in total. The van der Waals surface area contributed by atoms with Gasteiger partial charge in [-0.1, -0.05) is 56.3 Å². The van der Waals surface area contributed by atoms with E-state index < -0.39 is 0 Å². The summed E-state index contributed by atoms with van der Waals surface area (Å²) in [5.74, 6) is 0.272. The number of thiazole rings is 1. The second kappa shape index (κ2) is 14.2. The second-order valence-corrected chi connectivity index (χ2v) is 11.2. The zero-order chi connectivity index (χ0) is 27.6. The lowest BCUT2D eigenvalue weighted by Crippen LogP contribution is -2.44. The Morgan fingerprint density at radius 3 is 2.49 bits per heavy atom. The number of piperidine rings is 1. The molecule has 0 bridgehead atoms. The minimum Gasteiger partial charge on any atom is -0.383 e. The molecule has 2 aromatic carbocycles. The Morgan fingerprint density at radius 1 is 1.10 bits per heavy atom. The maximum absolute atomic E-state index is 13.0. The quantitative estimate of drug-likeness (QED) is 0.337. The lowest BCUT2D eigenvalue weighted by atomic mass is 10.0. The normalized spacial score (nSPS) is 14.4. The Morgan fingerprint density at radius 2 is 1.82 bits per heavy atom. The van der Waals surface area contributed by atoms with Crippen LogP contribution >= 0.6 is 11.3 Å². The first-order valence-corrected chi connectivity index (χ1v) is 14.5. The molecule has 0 unspecified atom stereocenters. The number of aromatic nitrogens is 1. The zero-order valence-corrected chi connectivity index (χ0v) is 23.9. The highest BCUT2D eigenvalue weighted by molar-refractivity contribution is 7.09. The number of benzene rings is 2. The van der Waals surface area contributed by atoms with Crippen LogP contribution < -0.4 is 10.6 Å². The van der Waals surface area contributed by atoms with E-state index in [1.807, 2.05) is 30.3 Å². The van der Waals surface area contributed by atoms with E-state index in [1.165, 1.54) is 22.5 Å². The molecule has 8 nitrogen and oxygen atoms in total. The van der Waals surface area contributed by atoms with E-state index in [0.29, 0.717) is 36.3 Å². The van der Waals surface area contributed by atoms with Gasteiger partial charge in [-0.15, -0.1) is 11.3 Å². The molecule has 1 aliphatic heterocycles. The van der Waals surface area contributed by atoms with Crippen molar-refractivity contribution < 1.29 is 14.3 Å². The molecule has 0 spiro atoms. The number of rotatable bonds is 11. The van der Waals surface area contributed by atoms with Gasteiger partial charge in [0.05, 0.1) is 13.2 Å².